The molecule has 110 valence electrons. The molecule has 1 heterocycles. The summed E-state index contributed by atoms with van der Waals surface area (Å²) in [4.78, 5) is 12.1. The maximum atomic E-state index is 12.3. The largest absolute Gasteiger partial charge is 0.508 e. The summed E-state index contributed by atoms with van der Waals surface area (Å²) >= 11 is 0. The van der Waals surface area contributed by atoms with E-state index in [1.807, 2.05) is 0 Å². The van der Waals surface area contributed by atoms with Crippen LogP contribution in [0.25, 0.3) is 0 Å². The van der Waals surface area contributed by atoms with Gasteiger partial charge in [-0.15, -0.1) is 0 Å². The van der Waals surface area contributed by atoms with Crippen LogP contribution >= 0.6 is 0 Å². The van der Waals surface area contributed by atoms with Gasteiger partial charge >= 0.3 is 0 Å². The molecule has 0 aliphatic carbocycles. The number of hydrazine groups is 1. The van der Waals surface area contributed by atoms with Crippen LogP contribution < -0.4 is 11.2 Å². The monoisotopic (exact) mass is 299 g/mol. The van der Waals surface area contributed by atoms with Crippen LogP contribution in [0.5, 0.6) is 5.75 Å². The minimum Gasteiger partial charge on any atom is -0.508 e. The Kier molecular flexibility index (Phi) is 4.26. The Hall–Kier alpha value is -1.64. The molecule has 0 spiro atoms. The van der Waals surface area contributed by atoms with E-state index in [0.29, 0.717) is 30.3 Å². The van der Waals surface area contributed by atoms with Gasteiger partial charge in [0.2, 0.25) is 0 Å². The quantitative estimate of drug-likeness (QED) is 0.404. The Morgan fingerprint density at radius 1 is 1.25 bits per heavy atom. The van der Waals surface area contributed by atoms with E-state index >= 15 is 0 Å². The number of benzene rings is 1. The second-order valence-corrected chi connectivity index (χ2v) is 6.73. The average molecular weight is 299 g/mol. The van der Waals surface area contributed by atoms with Crippen LogP contribution in [0.4, 0.5) is 0 Å². The van der Waals surface area contributed by atoms with Crippen LogP contribution in [0.15, 0.2) is 24.3 Å². The highest BCUT2D eigenvalue weighted by molar-refractivity contribution is 7.90. The van der Waals surface area contributed by atoms with Crippen molar-refractivity contribution in [2.24, 2.45) is 5.84 Å². The molecule has 0 unspecified atom stereocenters. The van der Waals surface area contributed by atoms with Crippen molar-refractivity contribution in [3.05, 3.63) is 29.8 Å². The zero-order valence-electron chi connectivity index (χ0n) is 10.8. The molecule has 2 rings (SSSR count). The van der Waals surface area contributed by atoms with E-state index in [2.05, 4.69) is 5.32 Å². The lowest BCUT2D eigenvalue weighted by atomic mass is 10.2. The number of phenols is 1. The summed E-state index contributed by atoms with van der Waals surface area (Å²) in [5, 5.41) is 11.6. The fraction of sp³-hybridized carbons (Fsp3) is 0.417. The van der Waals surface area contributed by atoms with E-state index in [9.17, 15) is 13.2 Å². The number of rotatable bonds is 3. The van der Waals surface area contributed by atoms with Gasteiger partial charge in [0.25, 0.3) is 15.9 Å². The van der Waals surface area contributed by atoms with Crippen molar-refractivity contribution in [2.45, 2.75) is 18.1 Å². The van der Waals surface area contributed by atoms with Crippen LogP contribution in [0, 0.1) is 0 Å². The summed E-state index contributed by atoms with van der Waals surface area (Å²) in [6.07, 6.45) is 0.859. The predicted octanol–water partition coefficient (Wildman–Crippen LogP) is -0.210. The van der Waals surface area contributed by atoms with Crippen LogP contribution in [0.3, 0.4) is 0 Å². The van der Waals surface area contributed by atoms with Gasteiger partial charge in [-0.2, -0.15) is 4.41 Å². The van der Waals surface area contributed by atoms with Crippen molar-refractivity contribution < 1.29 is 18.3 Å². The molecule has 1 aliphatic heterocycles. The molecule has 0 radical (unpaired) electrons. The number of nitrogens with two attached hydrogens (primary N) is 1. The first-order valence-electron chi connectivity index (χ1n) is 6.26. The fourth-order valence-corrected chi connectivity index (χ4v) is 3.59. The van der Waals surface area contributed by atoms with Gasteiger partial charge in [-0.1, -0.05) is 0 Å². The van der Waals surface area contributed by atoms with E-state index < -0.39 is 21.2 Å². The molecule has 7 nitrogen and oxygen atoms in total. The van der Waals surface area contributed by atoms with Crippen molar-refractivity contribution in [2.75, 3.05) is 13.1 Å². The van der Waals surface area contributed by atoms with Gasteiger partial charge < -0.3 is 10.4 Å². The van der Waals surface area contributed by atoms with E-state index in [0.717, 1.165) is 0 Å². The number of amides is 1. The predicted molar refractivity (Wildman–Crippen MR) is 73.3 cm³/mol. The first kappa shape index (κ1) is 14.8. The average Bonchev–Trinajstić information content (AvgIpc) is 2.47. The summed E-state index contributed by atoms with van der Waals surface area (Å²) < 4.78 is 24.9. The number of sulfonamides is 1. The molecule has 20 heavy (non-hydrogen) atoms. The summed E-state index contributed by atoms with van der Waals surface area (Å²) in [5.41, 5.74) is 0.114. The molecule has 1 fully saturated rings. The lowest BCUT2D eigenvalue weighted by Crippen LogP contribution is -2.49. The van der Waals surface area contributed by atoms with E-state index in [1.165, 1.54) is 24.3 Å². The molecule has 1 aromatic rings. The summed E-state index contributed by atoms with van der Waals surface area (Å²) in [5.74, 6) is 4.70. The van der Waals surface area contributed by atoms with Crippen LogP contribution in [0.1, 0.15) is 23.2 Å². The van der Waals surface area contributed by atoms with Crippen molar-refractivity contribution in [1.82, 2.24) is 9.73 Å². The first-order chi connectivity index (χ1) is 9.43. The van der Waals surface area contributed by atoms with E-state index in [-0.39, 0.29) is 11.3 Å². The first-order valence-corrected chi connectivity index (χ1v) is 7.76. The lowest BCUT2D eigenvalue weighted by Gasteiger charge is -2.27. The normalized spacial score (nSPS) is 16.9. The molecule has 4 N–H and O–H groups in total. The van der Waals surface area contributed by atoms with Gasteiger partial charge in [-0.25, -0.2) is 14.3 Å². The molecule has 0 aromatic heterocycles. The smallest absolute Gasteiger partial charge is 0.281 e. The summed E-state index contributed by atoms with van der Waals surface area (Å²) in [7, 11) is -3.86. The number of piperidine rings is 1. The number of carbonyl (C=O) groups excluding carboxylic acids is 1. The molecule has 0 saturated carbocycles. The van der Waals surface area contributed by atoms with Crippen molar-refractivity contribution in [3.63, 3.8) is 0 Å². The topological polar surface area (TPSA) is 113 Å². The Morgan fingerprint density at radius 3 is 2.35 bits per heavy atom. The molecule has 1 amide bonds. The third kappa shape index (κ3) is 2.92. The maximum absolute atomic E-state index is 12.3. The number of nitrogens with one attached hydrogen (secondary N) is 1. The van der Waals surface area contributed by atoms with Crippen molar-refractivity contribution in [1.29, 1.82) is 0 Å². The zero-order valence-corrected chi connectivity index (χ0v) is 11.6. The number of nitrogens with zero attached hydrogens (tertiary/aromatic N) is 1. The number of phenolic OH excluding ortho intramolecular Hbond substituents is 1. The second kappa shape index (κ2) is 5.78. The highest BCUT2D eigenvalue weighted by Gasteiger charge is 2.34. The summed E-state index contributed by atoms with van der Waals surface area (Å²) in [6, 6.07) is 5.27. The fourth-order valence-electron chi connectivity index (χ4n) is 2.10. The Balaban J connectivity index is 2.18. The van der Waals surface area contributed by atoms with E-state index in [1.54, 1.807) is 0 Å². The Bertz CT molecular complexity index is 579. The molecule has 1 aromatic carbocycles. The second-order valence-electron chi connectivity index (χ2n) is 4.64. The standard InChI is InChI=1S/C12H17N3O4S/c13-15(12(17)9-1-3-10(16)4-2-9)20(18,19)11-5-7-14-8-6-11/h1-4,11,14,16H,5-8,13H2. The number of aromatic hydroxyl groups is 1. The van der Waals surface area contributed by atoms with Gasteiger partial charge in [0.1, 0.15) is 5.75 Å². The van der Waals surface area contributed by atoms with Gasteiger partial charge in [-0.3, -0.25) is 4.79 Å². The van der Waals surface area contributed by atoms with Crippen molar-refractivity contribution in [3.8, 4) is 5.75 Å². The highest BCUT2D eigenvalue weighted by Crippen LogP contribution is 2.18. The molecule has 0 atom stereocenters. The van der Waals surface area contributed by atoms with Gasteiger partial charge in [0.05, 0.1) is 5.25 Å². The third-order valence-electron chi connectivity index (χ3n) is 3.30. The zero-order chi connectivity index (χ0) is 14.8. The summed E-state index contributed by atoms with van der Waals surface area (Å²) in [6.45, 7) is 1.18. The van der Waals surface area contributed by atoms with Crippen LogP contribution in [-0.2, 0) is 10.0 Å². The minimum absolute atomic E-state index is 0.00802. The molecule has 8 heteroatoms. The SMILES string of the molecule is NN(C(=O)c1ccc(O)cc1)S(=O)(=O)C1CCNCC1. The molecule has 1 saturated heterocycles. The van der Waals surface area contributed by atoms with Gasteiger partial charge in [0, 0.05) is 5.56 Å². The van der Waals surface area contributed by atoms with Crippen molar-refractivity contribution >= 4 is 15.9 Å². The molecule has 0 bridgehead atoms. The van der Waals surface area contributed by atoms with E-state index in [4.69, 9.17) is 10.9 Å². The number of hydrogen-bond acceptors (Lipinski definition) is 6. The molecular weight excluding hydrogens is 282 g/mol. The number of carbonyl (C=O) groups is 1. The van der Waals surface area contributed by atoms with Crippen LogP contribution in [0.2, 0.25) is 0 Å². The number of hydrogen-bond donors (Lipinski definition) is 3. The molecular formula is C12H17N3O4S. The van der Waals surface area contributed by atoms with Gasteiger partial charge in [0.15, 0.2) is 0 Å². The van der Waals surface area contributed by atoms with Gasteiger partial charge in [-0.05, 0) is 50.2 Å². The van der Waals surface area contributed by atoms with Crippen LogP contribution in [-0.4, -0.2) is 42.2 Å². The third-order valence-corrected chi connectivity index (χ3v) is 5.32. The Morgan fingerprint density at radius 2 is 1.80 bits per heavy atom. The Labute approximate surface area is 117 Å². The lowest BCUT2D eigenvalue weighted by molar-refractivity contribution is 0.0859. The highest BCUT2D eigenvalue weighted by atomic mass is 32.2. The maximum Gasteiger partial charge on any atom is 0.281 e. The minimum atomic E-state index is -3.86. The molecule has 1 aliphatic rings.